The van der Waals surface area contributed by atoms with Crippen molar-refractivity contribution >= 4 is 11.6 Å². The van der Waals surface area contributed by atoms with Gasteiger partial charge in [0.05, 0.1) is 13.2 Å². The Balaban J connectivity index is 2.27. The summed E-state index contributed by atoms with van der Waals surface area (Å²) < 4.78 is 5.45. The summed E-state index contributed by atoms with van der Waals surface area (Å²) in [5.74, 6) is 7.96. The van der Waals surface area contributed by atoms with Crippen LogP contribution in [-0.4, -0.2) is 7.11 Å². The zero-order chi connectivity index (χ0) is 13.8. The van der Waals surface area contributed by atoms with Crippen LogP contribution in [0.4, 0.5) is 0 Å². The van der Waals surface area contributed by atoms with Crippen molar-refractivity contribution in [2.45, 2.75) is 38.6 Å². The van der Waals surface area contributed by atoms with Crippen molar-refractivity contribution in [2.24, 2.45) is 17.7 Å². The van der Waals surface area contributed by atoms with Gasteiger partial charge in [-0.2, -0.15) is 0 Å². The second kappa shape index (κ2) is 6.60. The van der Waals surface area contributed by atoms with E-state index in [1.165, 1.54) is 25.7 Å². The molecular weight excluding hydrogens is 260 g/mol. The van der Waals surface area contributed by atoms with Gasteiger partial charge >= 0.3 is 0 Å². The molecule has 0 heterocycles. The fraction of sp³-hybridized carbons (Fsp3) is 0.600. The SMILES string of the molecule is COc1ccc(Cl)cc1C(NN)C1CCCC(C)C1. The van der Waals surface area contributed by atoms with Crippen molar-refractivity contribution in [2.75, 3.05) is 7.11 Å². The molecule has 3 unspecified atom stereocenters. The van der Waals surface area contributed by atoms with Crippen LogP contribution in [0, 0.1) is 11.8 Å². The summed E-state index contributed by atoms with van der Waals surface area (Å²) in [5, 5.41) is 0.722. The monoisotopic (exact) mass is 282 g/mol. The van der Waals surface area contributed by atoms with E-state index >= 15 is 0 Å². The van der Waals surface area contributed by atoms with Crippen molar-refractivity contribution in [1.29, 1.82) is 0 Å². The molecule has 0 aliphatic heterocycles. The van der Waals surface area contributed by atoms with Crippen LogP contribution in [0.1, 0.15) is 44.2 Å². The second-order valence-corrected chi connectivity index (χ2v) is 6.00. The molecule has 1 aromatic carbocycles. The van der Waals surface area contributed by atoms with E-state index < -0.39 is 0 Å². The van der Waals surface area contributed by atoms with E-state index in [-0.39, 0.29) is 6.04 Å². The molecule has 0 amide bonds. The maximum atomic E-state index is 6.12. The van der Waals surface area contributed by atoms with Gasteiger partial charge in [0.1, 0.15) is 5.75 Å². The van der Waals surface area contributed by atoms with E-state index in [0.717, 1.165) is 22.3 Å². The van der Waals surface area contributed by atoms with Gasteiger partial charge < -0.3 is 4.74 Å². The van der Waals surface area contributed by atoms with Gasteiger partial charge in [0.2, 0.25) is 0 Å². The lowest BCUT2D eigenvalue weighted by Gasteiger charge is -2.33. The fourth-order valence-electron chi connectivity index (χ4n) is 3.21. The first kappa shape index (κ1) is 14.6. The first-order valence-corrected chi connectivity index (χ1v) is 7.33. The minimum Gasteiger partial charge on any atom is -0.496 e. The van der Waals surface area contributed by atoms with Crippen LogP contribution in [0.25, 0.3) is 0 Å². The topological polar surface area (TPSA) is 47.3 Å². The molecule has 0 radical (unpaired) electrons. The van der Waals surface area contributed by atoms with Crippen LogP contribution < -0.4 is 16.0 Å². The molecule has 2 rings (SSSR count). The maximum absolute atomic E-state index is 6.12. The van der Waals surface area contributed by atoms with Gasteiger partial charge in [-0.1, -0.05) is 31.4 Å². The van der Waals surface area contributed by atoms with Crippen LogP contribution in [0.15, 0.2) is 18.2 Å². The molecule has 4 heteroatoms. The molecule has 1 aromatic rings. The van der Waals surface area contributed by atoms with Gasteiger partial charge in [0.15, 0.2) is 0 Å². The number of nitrogens with one attached hydrogen (secondary N) is 1. The number of hydrogen-bond donors (Lipinski definition) is 2. The third kappa shape index (κ3) is 3.41. The highest BCUT2D eigenvalue weighted by Crippen LogP contribution is 2.40. The van der Waals surface area contributed by atoms with E-state index in [0.29, 0.717) is 5.92 Å². The number of benzene rings is 1. The number of hydrogen-bond acceptors (Lipinski definition) is 3. The third-order valence-electron chi connectivity index (χ3n) is 4.15. The number of methoxy groups -OCH3 is 1. The van der Waals surface area contributed by atoms with E-state index in [2.05, 4.69) is 12.3 Å². The molecule has 106 valence electrons. The van der Waals surface area contributed by atoms with Crippen LogP contribution >= 0.6 is 11.6 Å². The predicted octanol–water partition coefficient (Wildman–Crippen LogP) is 3.68. The van der Waals surface area contributed by atoms with Crippen LogP contribution in [-0.2, 0) is 0 Å². The molecule has 0 bridgehead atoms. The lowest BCUT2D eigenvalue weighted by atomic mass is 9.77. The highest BCUT2D eigenvalue weighted by atomic mass is 35.5. The molecule has 3 nitrogen and oxygen atoms in total. The Labute approximate surface area is 120 Å². The van der Waals surface area contributed by atoms with Gasteiger partial charge in [-0.25, -0.2) is 0 Å². The Hall–Kier alpha value is -0.770. The number of nitrogens with two attached hydrogens (primary N) is 1. The van der Waals surface area contributed by atoms with Crippen molar-refractivity contribution in [3.63, 3.8) is 0 Å². The molecule has 1 aliphatic rings. The van der Waals surface area contributed by atoms with Gasteiger partial charge in [0.25, 0.3) is 0 Å². The standard InChI is InChI=1S/C15H23ClN2O/c1-10-4-3-5-11(8-10)15(18-17)13-9-12(16)6-7-14(13)19-2/h6-7,9-11,15,18H,3-5,8,17H2,1-2H3. The quantitative estimate of drug-likeness (QED) is 0.654. The van der Waals surface area contributed by atoms with Crippen molar-refractivity contribution in [3.05, 3.63) is 28.8 Å². The third-order valence-corrected chi connectivity index (χ3v) is 4.39. The first-order valence-electron chi connectivity index (χ1n) is 6.95. The molecule has 1 fully saturated rings. The summed E-state index contributed by atoms with van der Waals surface area (Å²) in [6.45, 7) is 2.31. The number of hydrazine groups is 1. The summed E-state index contributed by atoms with van der Waals surface area (Å²) in [4.78, 5) is 0. The van der Waals surface area contributed by atoms with Crippen LogP contribution in [0.5, 0.6) is 5.75 Å². The molecule has 1 aliphatic carbocycles. The van der Waals surface area contributed by atoms with Gasteiger partial charge in [-0.05, 0) is 42.9 Å². The maximum Gasteiger partial charge on any atom is 0.123 e. The summed E-state index contributed by atoms with van der Waals surface area (Å²) in [6, 6.07) is 5.83. The number of rotatable bonds is 4. The van der Waals surface area contributed by atoms with Gasteiger partial charge in [0, 0.05) is 10.6 Å². The Kier molecular flexibility index (Phi) is 5.08. The average Bonchev–Trinajstić information content (AvgIpc) is 2.40. The van der Waals surface area contributed by atoms with E-state index in [9.17, 15) is 0 Å². The Morgan fingerprint density at radius 3 is 2.84 bits per heavy atom. The Morgan fingerprint density at radius 2 is 2.21 bits per heavy atom. The highest BCUT2D eigenvalue weighted by molar-refractivity contribution is 6.30. The van der Waals surface area contributed by atoms with Gasteiger partial charge in [-0.3, -0.25) is 11.3 Å². The summed E-state index contributed by atoms with van der Waals surface area (Å²) in [6.07, 6.45) is 4.99. The Morgan fingerprint density at radius 1 is 1.42 bits per heavy atom. The number of halogens is 1. The molecule has 0 spiro atoms. The Bertz CT molecular complexity index is 425. The lowest BCUT2D eigenvalue weighted by molar-refractivity contribution is 0.221. The van der Waals surface area contributed by atoms with Crippen molar-refractivity contribution in [1.82, 2.24) is 5.43 Å². The molecule has 19 heavy (non-hydrogen) atoms. The zero-order valence-corrected chi connectivity index (χ0v) is 12.4. The predicted molar refractivity (Wildman–Crippen MR) is 79.2 cm³/mol. The lowest BCUT2D eigenvalue weighted by Crippen LogP contribution is -2.35. The minimum absolute atomic E-state index is 0.108. The zero-order valence-electron chi connectivity index (χ0n) is 11.7. The average molecular weight is 283 g/mol. The summed E-state index contributed by atoms with van der Waals surface area (Å²) in [7, 11) is 1.68. The molecule has 3 atom stereocenters. The van der Waals surface area contributed by atoms with E-state index in [4.69, 9.17) is 22.2 Å². The minimum atomic E-state index is 0.108. The molecule has 3 N–H and O–H groups in total. The molecule has 0 aromatic heterocycles. The van der Waals surface area contributed by atoms with Crippen molar-refractivity contribution < 1.29 is 4.74 Å². The van der Waals surface area contributed by atoms with Crippen LogP contribution in [0.2, 0.25) is 5.02 Å². The second-order valence-electron chi connectivity index (χ2n) is 5.56. The first-order chi connectivity index (χ1) is 9.15. The summed E-state index contributed by atoms with van der Waals surface area (Å²) in [5.41, 5.74) is 4.04. The molecule has 1 saturated carbocycles. The largest absolute Gasteiger partial charge is 0.496 e. The van der Waals surface area contributed by atoms with E-state index in [1.54, 1.807) is 7.11 Å². The fourth-order valence-corrected chi connectivity index (χ4v) is 3.39. The van der Waals surface area contributed by atoms with Crippen LogP contribution in [0.3, 0.4) is 0 Å². The molecular formula is C15H23ClN2O. The normalized spacial score (nSPS) is 25.1. The highest BCUT2D eigenvalue weighted by Gasteiger charge is 2.29. The van der Waals surface area contributed by atoms with E-state index in [1.807, 2.05) is 18.2 Å². The molecule has 0 saturated heterocycles. The smallest absolute Gasteiger partial charge is 0.123 e. The summed E-state index contributed by atoms with van der Waals surface area (Å²) >= 11 is 6.12. The van der Waals surface area contributed by atoms with Crippen molar-refractivity contribution in [3.8, 4) is 5.75 Å². The van der Waals surface area contributed by atoms with Gasteiger partial charge in [-0.15, -0.1) is 0 Å². The number of ether oxygens (including phenoxy) is 1.